The first-order valence-electron chi connectivity index (χ1n) is 22.1. The van der Waals surface area contributed by atoms with E-state index in [1.54, 1.807) is 6.08 Å². The van der Waals surface area contributed by atoms with E-state index in [2.05, 4.69) is 43.5 Å². The minimum Gasteiger partial charge on any atom is -0.387 e. The highest BCUT2D eigenvalue weighted by atomic mass is 31.2. The van der Waals surface area contributed by atoms with E-state index in [9.17, 15) is 19.4 Å². The summed E-state index contributed by atoms with van der Waals surface area (Å²) in [6.45, 7) is 4.11. The summed E-state index contributed by atoms with van der Waals surface area (Å²) in [5.74, 6) is -0.208. The number of phosphoric ester groups is 1. The van der Waals surface area contributed by atoms with Gasteiger partial charge in [0.25, 0.3) is 0 Å². The second kappa shape index (κ2) is 40.4. The first-order valence-corrected chi connectivity index (χ1v) is 23.6. The highest BCUT2D eigenvalue weighted by molar-refractivity contribution is 7.47. The number of hydrogen-bond donors (Lipinski definition) is 4. The van der Waals surface area contributed by atoms with E-state index in [0.717, 1.165) is 64.2 Å². The number of nitrogens with one attached hydrogen (secondary N) is 1. The number of aliphatic hydroxyl groups is 1. The first-order chi connectivity index (χ1) is 25.9. The number of carbonyl (C=O) groups is 1. The lowest BCUT2D eigenvalue weighted by atomic mass is 10.0. The summed E-state index contributed by atoms with van der Waals surface area (Å²) in [6, 6.07) is -0.866. The Kier molecular flexibility index (Phi) is 39.4. The summed E-state index contributed by atoms with van der Waals surface area (Å²) in [7, 11) is -4.34. The largest absolute Gasteiger partial charge is 0.472 e. The molecule has 0 heterocycles. The van der Waals surface area contributed by atoms with Crippen LogP contribution in [0.5, 0.6) is 0 Å². The first kappa shape index (κ1) is 51.7. The highest BCUT2D eigenvalue weighted by Crippen LogP contribution is 2.43. The highest BCUT2D eigenvalue weighted by Gasteiger charge is 2.26. The molecule has 5 N–H and O–H groups in total. The van der Waals surface area contributed by atoms with E-state index in [-0.39, 0.29) is 25.7 Å². The molecule has 0 rings (SSSR count). The number of unbranched alkanes of at least 4 members (excludes halogenated alkanes) is 25. The molecule has 53 heavy (non-hydrogen) atoms. The van der Waals surface area contributed by atoms with Crippen LogP contribution in [0.1, 0.15) is 206 Å². The Morgan fingerprint density at radius 2 is 1.04 bits per heavy atom. The van der Waals surface area contributed by atoms with Crippen LogP contribution >= 0.6 is 7.82 Å². The molecule has 0 saturated carbocycles. The van der Waals surface area contributed by atoms with Gasteiger partial charge in [-0.15, -0.1) is 0 Å². The molecule has 0 aromatic heterocycles. The molecule has 0 bridgehead atoms. The van der Waals surface area contributed by atoms with Gasteiger partial charge in [0.2, 0.25) is 5.91 Å². The van der Waals surface area contributed by atoms with Gasteiger partial charge in [-0.25, -0.2) is 4.57 Å². The molecular weight excluding hydrogens is 683 g/mol. The van der Waals surface area contributed by atoms with Gasteiger partial charge in [-0.3, -0.25) is 13.8 Å². The van der Waals surface area contributed by atoms with Crippen LogP contribution in [0.4, 0.5) is 0 Å². The Morgan fingerprint density at radius 1 is 0.623 bits per heavy atom. The Hall–Kier alpha value is -1.28. The number of nitrogens with two attached hydrogens (primary N) is 1. The third-order valence-electron chi connectivity index (χ3n) is 9.71. The van der Waals surface area contributed by atoms with Crippen molar-refractivity contribution in [2.75, 3.05) is 19.8 Å². The second-order valence-electron chi connectivity index (χ2n) is 14.9. The van der Waals surface area contributed by atoms with E-state index >= 15 is 0 Å². The molecule has 1 amide bonds. The van der Waals surface area contributed by atoms with Crippen LogP contribution < -0.4 is 11.1 Å². The van der Waals surface area contributed by atoms with Crippen LogP contribution in [0.2, 0.25) is 0 Å². The van der Waals surface area contributed by atoms with Gasteiger partial charge < -0.3 is 21.1 Å². The predicted molar refractivity (Wildman–Crippen MR) is 226 cm³/mol. The zero-order valence-corrected chi connectivity index (χ0v) is 35.4. The van der Waals surface area contributed by atoms with Crippen LogP contribution in [0.3, 0.4) is 0 Å². The minimum absolute atomic E-state index is 0.0758. The van der Waals surface area contributed by atoms with E-state index in [0.29, 0.717) is 6.42 Å². The number of phosphoric acid groups is 1. The van der Waals surface area contributed by atoms with Gasteiger partial charge in [0.05, 0.1) is 25.4 Å². The minimum atomic E-state index is -4.34. The third kappa shape index (κ3) is 38.8. The van der Waals surface area contributed by atoms with Crippen molar-refractivity contribution < 1.29 is 28.4 Å². The molecule has 312 valence electrons. The SMILES string of the molecule is CCCCCC/C=C\C/C=C\CCCCCCCC(=O)NC(COP(=O)(O)OCCN)C(O)/C=C/CCCCCCCCCCCCCCCCCC. The number of aliphatic hydroxyl groups excluding tert-OH is 1. The van der Waals surface area contributed by atoms with E-state index in [1.165, 1.54) is 122 Å². The molecule has 0 aliphatic rings. The normalized spacial score (nSPS) is 14.4. The summed E-state index contributed by atoms with van der Waals surface area (Å²) in [4.78, 5) is 22.7. The lowest BCUT2D eigenvalue weighted by Crippen LogP contribution is -2.45. The van der Waals surface area contributed by atoms with E-state index < -0.39 is 20.0 Å². The number of hydrogen-bond acceptors (Lipinski definition) is 6. The van der Waals surface area contributed by atoms with Crippen LogP contribution in [-0.4, -0.2) is 47.8 Å². The zero-order valence-electron chi connectivity index (χ0n) is 34.5. The molecular formula is C44H85N2O6P. The van der Waals surface area contributed by atoms with Crippen LogP contribution in [0, 0.1) is 0 Å². The summed E-state index contributed by atoms with van der Waals surface area (Å²) >= 11 is 0. The van der Waals surface area contributed by atoms with E-state index in [1.807, 2.05) is 6.08 Å². The lowest BCUT2D eigenvalue weighted by molar-refractivity contribution is -0.123. The summed E-state index contributed by atoms with van der Waals surface area (Å²) in [5.41, 5.74) is 5.37. The van der Waals surface area contributed by atoms with Crippen molar-refractivity contribution >= 4 is 13.7 Å². The molecule has 0 radical (unpaired) electrons. The maximum atomic E-state index is 12.7. The van der Waals surface area contributed by atoms with Gasteiger partial charge in [0.1, 0.15) is 0 Å². The second-order valence-corrected chi connectivity index (χ2v) is 16.4. The van der Waals surface area contributed by atoms with Crippen LogP contribution in [0.25, 0.3) is 0 Å². The average molecular weight is 769 g/mol. The van der Waals surface area contributed by atoms with Crippen molar-refractivity contribution in [1.29, 1.82) is 0 Å². The molecule has 8 nitrogen and oxygen atoms in total. The maximum Gasteiger partial charge on any atom is 0.472 e. The van der Waals surface area contributed by atoms with Crippen LogP contribution in [0.15, 0.2) is 36.5 Å². The van der Waals surface area contributed by atoms with Crippen molar-refractivity contribution in [2.45, 2.75) is 219 Å². The van der Waals surface area contributed by atoms with Crippen molar-refractivity contribution in [3.8, 4) is 0 Å². The number of allylic oxidation sites excluding steroid dienone is 5. The van der Waals surface area contributed by atoms with Gasteiger partial charge >= 0.3 is 7.82 Å². The number of amides is 1. The molecule has 0 fully saturated rings. The third-order valence-corrected chi connectivity index (χ3v) is 10.7. The molecule has 0 aromatic rings. The lowest BCUT2D eigenvalue weighted by Gasteiger charge is -2.23. The summed E-state index contributed by atoms with van der Waals surface area (Å²) in [5, 5.41) is 13.7. The average Bonchev–Trinajstić information content (AvgIpc) is 3.14. The Balaban J connectivity index is 4.24. The Bertz CT molecular complexity index is 928. The number of carbonyl (C=O) groups excluding carboxylic acids is 1. The molecule has 3 unspecified atom stereocenters. The number of rotatable bonds is 41. The fourth-order valence-corrected chi connectivity index (χ4v) is 7.10. The smallest absolute Gasteiger partial charge is 0.387 e. The molecule has 0 spiro atoms. The Labute approximate surface area is 327 Å². The molecule has 3 atom stereocenters. The summed E-state index contributed by atoms with van der Waals surface area (Å²) < 4.78 is 22.1. The van der Waals surface area contributed by atoms with E-state index in [4.69, 9.17) is 14.8 Å². The predicted octanol–water partition coefficient (Wildman–Crippen LogP) is 12.3. The molecule has 0 aliphatic heterocycles. The van der Waals surface area contributed by atoms with Crippen molar-refractivity contribution in [3.05, 3.63) is 36.5 Å². The van der Waals surface area contributed by atoms with Gasteiger partial charge in [0.15, 0.2) is 0 Å². The molecule has 0 aromatic carbocycles. The topological polar surface area (TPSA) is 131 Å². The monoisotopic (exact) mass is 769 g/mol. The molecule has 0 saturated heterocycles. The van der Waals surface area contributed by atoms with Gasteiger partial charge in [-0.2, -0.15) is 0 Å². The van der Waals surface area contributed by atoms with Crippen molar-refractivity contribution in [3.63, 3.8) is 0 Å². The Morgan fingerprint density at radius 3 is 1.51 bits per heavy atom. The fraction of sp³-hybridized carbons (Fsp3) is 0.841. The van der Waals surface area contributed by atoms with Gasteiger partial charge in [0, 0.05) is 13.0 Å². The van der Waals surface area contributed by atoms with Gasteiger partial charge in [-0.1, -0.05) is 185 Å². The van der Waals surface area contributed by atoms with Crippen molar-refractivity contribution in [1.82, 2.24) is 5.32 Å². The molecule has 0 aliphatic carbocycles. The van der Waals surface area contributed by atoms with Gasteiger partial charge in [-0.05, 0) is 51.4 Å². The standard InChI is InChI=1S/C44H85N2O6P/c1-3-5-7-9-11-13-15-17-19-21-22-23-25-27-29-31-33-35-37-43(47)42(41-52-53(49,50)51-40-39-45)46-44(48)38-36-34-32-30-28-26-24-20-18-16-14-12-10-8-6-4-2/h14,16,20,24,35,37,42-43,47H,3-13,15,17-19,21-23,25-34,36,38-41,45H2,1-2H3,(H,46,48)(H,49,50)/b16-14-,24-20-,37-35+. The maximum absolute atomic E-state index is 12.7. The van der Waals surface area contributed by atoms with Crippen molar-refractivity contribution in [2.24, 2.45) is 5.73 Å². The quantitative estimate of drug-likeness (QED) is 0.0277. The molecule has 9 heteroatoms. The van der Waals surface area contributed by atoms with Crippen LogP contribution in [-0.2, 0) is 18.4 Å². The summed E-state index contributed by atoms with van der Waals surface area (Å²) in [6.07, 6.45) is 47.6. The fourth-order valence-electron chi connectivity index (χ4n) is 6.34. The zero-order chi connectivity index (χ0) is 38.9.